The summed E-state index contributed by atoms with van der Waals surface area (Å²) < 4.78 is 25.7. The smallest absolute Gasteiger partial charge is 0.143 e. The van der Waals surface area contributed by atoms with Crippen molar-refractivity contribution in [1.82, 2.24) is 59.8 Å². The molecule has 0 aliphatic heterocycles. The number of anilines is 1. The first-order valence-electron chi connectivity index (χ1n) is 24.0. The molecule has 0 saturated carbocycles. The van der Waals surface area contributed by atoms with Gasteiger partial charge < -0.3 is 34.2 Å². The van der Waals surface area contributed by atoms with Crippen LogP contribution in [0.25, 0.3) is 66.1 Å². The summed E-state index contributed by atoms with van der Waals surface area (Å²) in [7, 11) is 25.3. The molecule has 10 rings (SSSR count). The number of hydrogen-bond acceptors (Lipinski definition) is 15. The number of nitrogens with one attached hydrogen (secondary N) is 2. The number of fused-ring (bicyclic) bond motifs is 6. The number of methoxy groups -OCH3 is 2. The predicted molar refractivity (Wildman–Crippen MR) is 365 cm³/mol. The molecule has 0 aliphatic rings. The fourth-order valence-electron chi connectivity index (χ4n) is 8.93. The maximum absolute atomic E-state index is 6.33. The fraction of sp³-hybridized carbons (Fsp3) is 0.360. The number of H-pyrrole nitrogens is 2. The molecule has 17 nitrogen and oxygen atoms in total. The Morgan fingerprint density at radius 2 is 1.05 bits per heavy atom. The van der Waals surface area contributed by atoms with Gasteiger partial charge in [-0.2, -0.15) is 10.2 Å². The van der Waals surface area contributed by atoms with Gasteiger partial charge in [0.1, 0.15) is 51.1 Å². The average Bonchev–Trinajstić information content (AvgIpc) is 3.18. The second-order valence-corrected chi connectivity index (χ2v) is 38.0. The topological polar surface area (TPSA) is 215 Å². The average molecular weight is 1360 g/mol. The zero-order valence-electron chi connectivity index (χ0n) is 45.7. The fourth-order valence-corrected chi connectivity index (χ4v) is 33.9. The highest BCUT2D eigenvalue weighted by molar-refractivity contribution is 8.75. The monoisotopic (exact) mass is 1360 g/mol. The summed E-state index contributed by atoms with van der Waals surface area (Å²) in [5, 5.41) is 21.2. The van der Waals surface area contributed by atoms with E-state index in [1.165, 1.54) is 23.3 Å². The number of nitrogens with two attached hydrogens (primary N) is 1. The number of aromatic amines is 2. The summed E-state index contributed by atoms with van der Waals surface area (Å²) in [5.41, 5.74) is 19.5. The van der Waals surface area contributed by atoms with E-state index in [2.05, 4.69) is 86.5 Å². The molecular formula is C50H60ClN13O4S13. The minimum atomic E-state index is 0. The Balaban J connectivity index is 0.000000192. The standard InChI is InChI=1S/C25H28N6O2.C17H15ClN4O2.C7H13N3.CH4.S13/c1-12(2)24-16(11-31(6)29-24)8-20-23-17-10-21(32-7)18(22-13(3)30-33-14(22)4)9-19(17)28-25(23)27-15(5)26-20;1-7-14(8(2)24-22-7)11-5-12-10(6-13(11)23-4)15-16(18)19-9(3)20-17(15)21-12;1-5(2)7-6(8)4-10(3)9-7;;1-3-5-7-9-11-13-12-10-8-6-4-2/h9-12H,8H2,1-7H3,(H,26,27,28);5-6H,1-4H3,(H,19,20,21);4-5H,8H2,1-3H3;1H4;. The van der Waals surface area contributed by atoms with E-state index < -0.39 is 0 Å². The van der Waals surface area contributed by atoms with Crippen molar-refractivity contribution in [3.05, 3.63) is 99.0 Å². The van der Waals surface area contributed by atoms with E-state index in [4.69, 9.17) is 68.2 Å². The first kappa shape index (κ1) is 65.7. The molecule has 0 spiro atoms. The van der Waals surface area contributed by atoms with Gasteiger partial charge in [0.25, 0.3) is 0 Å². The Morgan fingerprint density at radius 1 is 0.617 bits per heavy atom. The summed E-state index contributed by atoms with van der Waals surface area (Å²) in [6.45, 7) is 19.9. The molecule has 8 heterocycles. The molecular weight excluding hydrogens is 1300 g/mol. The lowest BCUT2D eigenvalue weighted by atomic mass is 9.98. The van der Waals surface area contributed by atoms with Gasteiger partial charge in [-0.3, -0.25) is 9.36 Å². The first-order chi connectivity index (χ1) is 38.3. The van der Waals surface area contributed by atoms with Crippen LogP contribution in [0.1, 0.15) is 104 Å². The van der Waals surface area contributed by atoms with Gasteiger partial charge in [-0.25, -0.2) is 19.9 Å². The van der Waals surface area contributed by atoms with Crippen LogP contribution in [0.2, 0.25) is 5.15 Å². The van der Waals surface area contributed by atoms with Gasteiger partial charge in [-0.05, 0) is 83.2 Å². The second kappa shape index (κ2) is 30.4. The number of aromatic nitrogens is 12. The van der Waals surface area contributed by atoms with E-state index in [-0.39, 0.29) is 7.43 Å². The molecule has 0 amide bonds. The molecule has 31 heteroatoms. The van der Waals surface area contributed by atoms with Crippen LogP contribution in [0.5, 0.6) is 11.5 Å². The lowest BCUT2D eigenvalue weighted by Gasteiger charge is -2.10. The summed E-state index contributed by atoms with van der Waals surface area (Å²) in [5.74, 6) is 5.09. The van der Waals surface area contributed by atoms with E-state index in [1.807, 2.05) is 78.6 Å². The molecule has 0 radical (unpaired) electrons. The van der Waals surface area contributed by atoms with E-state index in [0.717, 1.165) is 123 Å². The highest BCUT2D eigenvalue weighted by Crippen LogP contribution is 2.42. The van der Waals surface area contributed by atoms with Crippen LogP contribution < -0.4 is 15.2 Å². The molecule has 4 N–H and O–H groups in total. The molecule has 0 aliphatic carbocycles. The van der Waals surface area contributed by atoms with Crippen LogP contribution in [-0.4, -0.2) is 74.0 Å². The van der Waals surface area contributed by atoms with Crippen molar-refractivity contribution >= 4 is 181 Å². The molecule has 8 aromatic heterocycles. The third-order valence-electron chi connectivity index (χ3n) is 12.0. The lowest BCUT2D eigenvalue weighted by Crippen LogP contribution is -2.01. The number of nitrogens with zero attached hydrogens (tertiary/aromatic N) is 10. The predicted octanol–water partition coefficient (Wildman–Crippen LogP) is 11.2. The quantitative estimate of drug-likeness (QED) is 0.121. The molecule has 10 aromatic rings. The van der Waals surface area contributed by atoms with Crippen molar-refractivity contribution in [1.29, 1.82) is 0 Å². The lowest BCUT2D eigenvalue weighted by molar-refractivity contribution is 0.393. The summed E-state index contributed by atoms with van der Waals surface area (Å²) >= 11 is 15.7. The molecule has 0 fully saturated rings. The van der Waals surface area contributed by atoms with Crippen LogP contribution in [0, 0.1) is 41.5 Å². The Hall–Kier alpha value is -4.41. The molecule has 0 saturated heterocycles. The van der Waals surface area contributed by atoms with Crippen LogP contribution in [-0.2, 0) is 141 Å². The molecule has 434 valence electrons. The van der Waals surface area contributed by atoms with E-state index in [1.54, 1.807) is 98.8 Å². The van der Waals surface area contributed by atoms with Crippen LogP contribution in [0.3, 0.4) is 0 Å². The number of ether oxygens (including phenoxy) is 2. The van der Waals surface area contributed by atoms with Gasteiger partial charge in [0.2, 0.25) is 0 Å². The third kappa shape index (κ3) is 16.1. The minimum Gasteiger partial charge on any atom is -0.496 e. The Bertz CT molecular complexity index is 4390. The molecule has 0 bridgehead atoms. The van der Waals surface area contributed by atoms with Gasteiger partial charge in [-0.15, -0.1) is 0 Å². The van der Waals surface area contributed by atoms with Crippen molar-refractivity contribution < 1.29 is 18.5 Å². The first-order valence-corrected chi connectivity index (χ1v) is 40.3. The third-order valence-corrected chi connectivity index (χ3v) is 34.5. The zero-order valence-corrected chi connectivity index (χ0v) is 57.1. The summed E-state index contributed by atoms with van der Waals surface area (Å²) in [6, 6.07) is 8.10. The Morgan fingerprint density at radius 3 is 1.46 bits per heavy atom. The van der Waals surface area contributed by atoms with Crippen LogP contribution in [0.15, 0.2) is 45.7 Å². The van der Waals surface area contributed by atoms with Crippen molar-refractivity contribution in [2.24, 2.45) is 14.1 Å². The normalized spacial score (nSPS) is 10.7. The number of nitrogen functional groups attached to an aromatic ring is 1. The van der Waals surface area contributed by atoms with Gasteiger partial charge in [0, 0.05) is 191 Å². The molecule has 81 heavy (non-hydrogen) atoms. The number of hydrogen-bond donors (Lipinski definition) is 3. The largest absolute Gasteiger partial charge is 0.496 e. The molecule has 0 unspecified atom stereocenters. The summed E-state index contributed by atoms with van der Waals surface area (Å²) in [4.78, 5) is 25.0. The van der Waals surface area contributed by atoms with Gasteiger partial charge >= 0.3 is 0 Å². The highest BCUT2D eigenvalue weighted by Gasteiger charge is 2.23. The van der Waals surface area contributed by atoms with Crippen LogP contribution >= 0.6 is 11.6 Å². The maximum atomic E-state index is 6.33. The van der Waals surface area contributed by atoms with E-state index >= 15 is 0 Å². The zero-order chi connectivity index (χ0) is 57.9. The van der Waals surface area contributed by atoms with Gasteiger partial charge in [0.05, 0.1) is 64.9 Å². The Labute approximate surface area is 515 Å². The Kier molecular flexibility index (Phi) is 24.7. The minimum absolute atomic E-state index is 0. The van der Waals surface area contributed by atoms with Crippen molar-refractivity contribution in [2.75, 3.05) is 20.0 Å². The van der Waals surface area contributed by atoms with Gasteiger partial charge in [-0.1, -0.05) is 57.0 Å². The summed E-state index contributed by atoms with van der Waals surface area (Å²) in [6.07, 6.45) is 4.60. The van der Waals surface area contributed by atoms with Crippen molar-refractivity contribution in [3.8, 4) is 33.8 Å². The highest BCUT2D eigenvalue weighted by atomic mass is 35.5. The second-order valence-electron chi connectivity index (χ2n) is 18.2. The number of halogens is 1. The number of rotatable bonds is 8. The van der Waals surface area contributed by atoms with Gasteiger partial charge in [0.15, 0.2) is 0 Å². The van der Waals surface area contributed by atoms with Crippen molar-refractivity contribution in [3.63, 3.8) is 0 Å². The van der Waals surface area contributed by atoms with E-state index in [9.17, 15) is 0 Å². The number of aryl methyl sites for hydroxylation is 8. The maximum Gasteiger partial charge on any atom is 0.143 e. The molecule has 2 aromatic carbocycles. The number of benzene rings is 2. The van der Waals surface area contributed by atoms with E-state index in [0.29, 0.717) is 34.9 Å². The SMILES string of the molecule is C.CC(C)c1nn(C)cc1N.COc1cc2c(cc1-c1c(C)noc1C)[nH]c1nc(C)nc(Cc3cn(C)nc3C(C)C)c12.COc1cc2c(cc1-c1c(C)noc1C)[nH]c1nc(C)nc(Cl)c12.S=S=S=S=S=S=S=S=S=S=S=S=S. The van der Waals surface area contributed by atoms with Crippen LogP contribution in [0.4, 0.5) is 5.69 Å². The van der Waals surface area contributed by atoms with Crippen molar-refractivity contribution in [2.45, 2.75) is 94.9 Å². The molecule has 0 atom stereocenters.